The fraction of sp³-hybridized carbons (Fsp3) is 0.818. The molecular weight excluding hydrogens is 252 g/mol. The van der Waals surface area contributed by atoms with E-state index in [0.717, 1.165) is 18.3 Å². The number of carboxylic acid groups (broad SMARTS) is 1. The van der Waals surface area contributed by atoms with E-state index in [1.165, 1.54) is 0 Å². The third-order valence-electron chi connectivity index (χ3n) is 4.50. The van der Waals surface area contributed by atoms with Gasteiger partial charge in [-0.05, 0) is 27.2 Å². The standard InChI is InChI=1S/C11H18N4O2S/c1-10(2)7(11(10,3)4)5-15-9(12-13-14-15)18-6-8(16)17/h7H,5-6H2,1-4H3,(H,16,17). The fourth-order valence-electron chi connectivity index (χ4n) is 2.50. The highest BCUT2D eigenvalue weighted by atomic mass is 32.2. The Hall–Kier alpha value is -1.11. The van der Waals surface area contributed by atoms with Crippen LogP contribution in [-0.4, -0.2) is 37.0 Å². The smallest absolute Gasteiger partial charge is 0.313 e. The minimum absolute atomic E-state index is 0.0160. The van der Waals surface area contributed by atoms with Crippen molar-refractivity contribution < 1.29 is 9.90 Å². The molecule has 1 aliphatic carbocycles. The van der Waals surface area contributed by atoms with Gasteiger partial charge in [-0.2, -0.15) is 0 Å². The van der Waals surface area contributed by atoms with Crippen LogP contribution in [0, 0.1) is 16.7 Å². The van der Waals surface area contributed by atoms with Gasteiger partial charge in [-0.1, -0.05) is 39.5 Å². The number of hydrogen-bond donors (Lipinski definition) is 1. The van der Waals surface area contributed by atoms with E-state index < -0.39 is 5.97 Å². The summed E-state index contributed by atoms with van der Waals surface area (Å²) in [4.78, 5) is 10.5. The zero-order valence-corrected chi connectivity index (χ0v) is 11.9. The molecule has 18 heavy (non-hydrogen) atoms. The molecule has 0 radical (unpaired) electrons. The van der Waals surface area contributed by atoms with Gasteiger partial charge in [0, 0.05) is 6.54 Å². The Morgan fingerprint density at radius 2 is 2.00 bits per heavy atom. The number of rotatable bonds is 5. The molecular formula is C11H18N4O2S. The van der Waals surface area contributed by atoms with E-state index in [4.69, 9.17) is 5.11 Å². The topological polar surface area (TPSA) is 80.9 Å². The molecule has 0 amide bonds. The van der Waals surface area contributed by atoms with Crippen LogP contribution in [0.4, 0.5) is 0 Å². The van der Waals surface area contributed by atoms with Gasteiger partial charge in [0.2, 0.25) is 5.16 Å². The third kappa shape index (κ3) is 2.11. The number of carbonyl (C=O) groups is 1. The highest BCUT2D eigenvalue weighted by Crippen LogP contribution is 2.68. The van der Waals surface area contributed by atoms with Crippen LogP contribution in [-0.2, 0) is 11.3 Å². The lowest BCUT2D eigenvalue weighted by Crippen LogP contribution is -2.09. The molecule has 0 atom stereocenters. The Morgan fingerprint density at radius 3 is 2.50 bits per heavy atom. The van der Waals surface area contributed by atoms with Crippen LogP contribution in [0.3, 0.4) is 0 Å². The van der Waals surface area contributed by atoms with Crippen molar-refractivity contribution in [3.63, 3.8) is 0 Å². The molecule has 0 unspecified atom stereocenters. The Kier molecular flexibility index (Phi) is 3.12. The second-order valence-corrected chi connectivity index (χ2v) is 6.76. The average Bonchev–Trinajstić information content (AvgIpc) is 2.64. The zero-order chi connectivity index (χ0) is 13.6. The second kappa shape index (κ2) is 4.22. The van der Waals surface area contributed by atoms with Crippen LogP contribution in [0.15, 0.2) is 5.16 Å². The number of thioether (sulfide) groups is 1. The number of aromatic nitrogens is 4. The van der Waals surface area contributed by atoms with Crippen LogP contribution in [0.5, 0.6) is 0 Å². The van der Waals surface area contributed by atoms with Crippen molar-refractivity contribution in [1.82, 2.24) is 20.2 Å². The second-order valence-electron chi connectivity index (χ2n) is 5.82. The van der Waals surface area contributed by atoms with Gasteiger partial charge in [0.1, 0.15) is 0 Å². The summed E-state index contributed by atoms with van der Waals surface area (Å²) in [6.07, 6.45) is 0. The maximum absolute atomic E-state index is 10.5. The average molecular weight is 270 g/mol. The van der Waals surface area contributed by atoms with E-state index in [1.807, 2.05) is 0 Å². The molecule has 1 N–H and O–H groups in total. The van der Waals surface area contributed by atoms with E-state index in [1.54, 1.807) is 4.68 Å². The lowest BCUT2D eigenvalue weighted by Gasteiger charge is -2.04. The molecule has 1 fully saturated rings. The van der Waals surface area contributed by atoms with Gasteiger partial charge in [0.05, 0.1) is 5.75 Å². The number of nitrogens with zero attached hydrogens (tertiary/aromatic N) is 4. The van der Waals surface area contributed by atoms with E-state index in [0.29, 0.717) is 11.1 Å². The fourth-order valence-corrected chi connectivity index (χ4v) is 3.11. The number of aliphatic carboxylic acids is 1. The number of tetrazole rings is 1. The quantitative estimate of drug-likeness (QED) is 0.817. The predicted octanol–water partition coefficient (Wildman–Crippen LogP) is 1.53. The van der Waals surface area contributed by atoms with Crippen molar-refractivity contribution in [2.24, 2.45) is 16.7 Å². The first-order valence-electron chi connectivity index (χ1n) is 5.87. The molecule has 2 rings (SSSR count). The molecule has 0 bridgehead atoms. The molecule has 1 aromatic heterocycles. The van der Waals surface area contributed by atoms with Crippen LogP contribution in [0.2, 0.25) is 0 Å². The number of hydrogen-bond acceptors (Lipinski definition) is 5. The predicted molar refractivity (Wildman–Crippen MR) is 67.2 cm³/mol. The summed E-state index contributed by atoms with van der Waals surface area (Å²) in [7, 11) is 0. The molecule has 100 valence electrons. The van der Waals surface area contributed by atoms with Crippen molar-refractivity contribution in [3.8, 4) is 0 Å². The summed E-state index contributed by atoms with van der Waals surface area (Å²) in [6, 6.07) is 0. The Bertz CT molecular complexity index is 455. The largest absolute Gasteiger partial charge is 0.481 e. The Morgan fingerprint density at radius 1 is 1.39 bits per heavy atom. The molecule has 0 spiro atoms. The van der Waals surface area contributed by atoms with Crippen LogP contribution >= 0.6 is 11.8 Å². The highest BCUT2D eigenvalue weighted by Gasteiger charge is 2.64. The molecule has 1 saturated carbocycles. The highest BCUT2D eigenvalue weighted by molar-refractivity contribution is 7.99. The molecule has 1 heterocycles. The third-order valence-corrected chi connectivity index (χ3v) is 5.44. The molecule has 7 heteroatoms. The molecule has 6 nitrogen and oxygen atoms in total. The summed E-state index contributed by atoms with van der Waals surface area (Å²) < 4.78 is 1.72. The maximum Gasteiger partial charge on any atom is 0.313 e. The summed E-state index contributed by atoms with van der Waals surface area (Å²) in [5.74, 6) is -0.364. The molecule has 1 aliphatic rings. The van der Waals surface area contributed by atoms with E-state index >= 15 is 0 Å². The lowest BCUT2D eigenvalue weighted by atomic mass is 10.0. The van der Waals surface area contributed by atoms with Crippen molar-refractivity contribution in [1.29, 1.82) is 0 Å². The number of carboxylic acids is 1. The van der Waals surface area contributed by atoms with Crippen molar-refractivity contribution in [3.05, 3.63) is 0 Å². The van der Waals surface area contributed by atoms with Gasteiger partial charge in [-0.3, -0.25) is 4.79 Å². The minimum atomic E-state index is -0.860. The van der Waals surface area contributed by atoms with Crippen molar-refractivity contribution in [2.75, 3.05) is 5.75 Å². The van der Waals surface area contributed by atoms with Gasteiger partial charge in [0.15, 0.2) is 0 Å². The van der Waals surface area contributed by atoms with Crippen LogP contribution in [0.25, 0.3) is 0 Å². The van der Waals surface area contributed by atoms with Gasteiger partial charge < -0.3 is 5.11 Å². The van der Waals surface area contributed by atoms with E-state index in [9.17, 15) is 4.79 Å². The Balaban J connectivity index is 2.03. The lowest BCUT2D eigenvalue weighted by molar-refractivity contribution is -0.133. The first-order valence-corrected chi connectivity index (χ1v) is 6.86. The van der Waals surface area contributed by atoms with Crippen molar-refractivity contribution in [2.45, 2.75) is 39.4 Å². The zero-order valence-electron chi connectivity index (χ0n) is 11.0. The van der Waals surface area contributed by atoms with Gasteiger partial charge in [-0.15, -0.1) is 5.10 Å². The molecule has 1 aromatic rings. The van der Waals surface area contributed by atoms with Gasteiger partial charge in [0.25, 0.3) is 0 Å². The normalized spacial score (nSPS) is 20.9. The molecule has 0 aromatic carbocycles. The van der Waals surface area contributed by atoms with Gasteiger partial charge >= 0.3 is 5.97 Å². The maximum atomic E-state index is 10.5. The van der Waals surface area contributed by atoms with Crippen molar-refractivity contribution >= 4 is 17.7 Å². The monoisotopic (exact) mass is 270 g/mol. The summed E-state index contributed by atoms with van der Waals surface area (Å²) >= 11 is 1.16. The van der Waals surface area contributed by atoms with Crippen LogP contribution < -0.4 is 0 Å². The minimum Gasteiger partial charge on any atom is -0.481 e. The van der Waals surface area contributed by atoms with E-state index in [2.05, 4.69) is 43.2 Å². The van der Waals surface area contributed by atoms with E-state index in [-0.39, 0.29) is 16.6 Å². The summed E-state index contributed by atoms with van der Waals surface area (Å²) in [5, 5.41) is 20.7. The van der Waals surface area contributed by atoms with Gasteiger partial charge in [-0.25, -0.2) is 4.68 Å². The van der Waals surface area contributed by atoms with Crippen LogP contribution in [0.1, 0.15) is 27.7 Å². The summed E-state index contributed by atoms with van der Waals surface area (Å²) in [5.41, 5.74) is 0.543. The first kappa shape index (κ1) is 13.3. The summed E-state index contributed by atoms with van der Waals surface area (Å²) in [6.45, 7) is 9.71. The molecule has 0 aliphatic heterocycles. The molecule has 0 saturated heterocycles. The first-order chi connectivity index (χ1) is 8.26. The Labute approximate surface area is 110 Å². The SMILES string of the molecule is CC1(C)C(Cn2nnnc2SCC(=O)O)C1(C)C.